The van der Waals surface area contributed by atoms with Crippen LogP contribution in [-0.2, 0) is 6.54 Å². The lowest BCUT2D eigenvalue weighted by molar-refractivity contribution is 0.749. The molecule has 4 nitrogen and oxygen atoms in total. The Morgan fingerprint density at radius 2 is 1.87 bits per heavy atom. The summed E-state index contributed by atoms with van der Waals surface area (Å²) >= 11 is 2.19. The lowest BCUT2D eigenvalue weighted by atomic mass is 10.2. The molecule has 1 heterocycles. The van der Waals surface area contributed by atoms with Gasteiger partial charge in [-0.1, -0.05) is 42.5 Å². The van der Waals surface area contributed by atoms with Crippen molar-refractivity contribution in [2.45, 2.75) is 6.54 Å². The molecule has 0 fully saturated rings. The minimum atomic E-state index is -0.192. The number of rotatable bonds is 3. The zero-order chi connectivity index (χ0) is 16.2. The molecule has 0 unspecified atom stereocenters. The number of halogens is 1. The highest BCUT2D eigenvalue weighted by Gasteiger charge is 2.11. The normalized spacial score (nSPS) is 11.4. The van der Waals surface area contributed by atoms with E-state index in [1.54, 1.807) is 24.3 Å². The van der Waals surface area contributed by atoms with Crippen molar-refractivity contribution in [3.8, 4) is 6.07 Å². The van der Waals surface area contributed by atoms with Gasteiger partial charge < -0.3 is 0 Å². The van der Waals surface area contributed by atoms with E-state index < -0.39 is 0 Å². The molecule has 0 spiro atoms. The monoisotopic (exact) mass is 413 g/mol. The van der Waals surface area contributed by atoms with Crippen molar-refractivity contribution in [3.05, 3.63) is 79.9 Å². The second-order valence-corrected chi connectivity index (χ2v) is 6.34. The number of nitrogens with zero attached hydrogens (tertiary/aromatic N) is 3. The SMILES string of the molecule is N#Cc1nc2ccccc2c(=O)n1C/C(I)=C/c1ccccc1. The van der Waals surface area contributed by atoms with Crippen molar-refractivity contribution in [2.75, 3.05) is 0 Å². The van der Waals surface area contributed by atoms with Gasteiger partial charge in [0.1, 0.15) is 6.07 Å². The first kappa shape index (κ1) is 15.4. The van der Waals surface area contributed by atoms with Crippen molar-refractivity contribution in [1.29, 1.82) is 5.26 Å². The molecule has 112 valence electrons. The van der Waals surface area contributed by atoms with Gasteiger partial charge in [0.2, 0.25) is 5.82 Å². The molecule has 0 saturated heterocycles. The van der Waals surface area contributed by atoms with E-state index in [-0.39, 0.29) is 11.4 Å². The zero-order valence-corrected chi connectivity index (χ0v) is 14.3. The Labute approximate surface area is 146 Å². The Morgan fingerprint density at radius 3 is 2.61 bits per heavy atom. The number of para-hydroxylation sites is 1. The lowest BCUT2D eigenvalue weighted by Gasteiger charge is -2.09. The number of aromatic nitrogens is 2. The van der Waals surface area contributed by atoms with E-state index >= 15 is 0 Å². The van der Waals surface area contributed by atoms with Gasteiger partial charge in [-0.05, 0) is 46.4 Å². The topological polar surface area (TPSA) is 58.7 Å². The summed E-state index contributed by atoms with van der Waals surface area (Å²) in [7, 11) is 0. The third-order valence-electron chi connectivity index (χ3n) is 3.39. The molecule has 0 amide bonds. The van der Waals surface area contributed by atoms with E-state index in [0.717, 1.165) is 9.14 Å². The summed E-state index contributed by atoms with van der Waals surface area (Å²) in [4.78, 5) is 16.9. The summed E-state index contributed by atoms with van der Waals surface area (Å²) in [5, 5.41) is 9.83. The fraction of sp³-hybridized carbons (Fsp3) is 0.0556. The fourth-order valence-electron chi connectivity index (χ4n) is 2.33. The average molecular weight is 413 g/mol. The maximum absolute atomic E-state index is 12.6. The summed E-state index contributed by atoms with van der Waals surface area (Å²) in [6.07, 6.45) is 1.99. The first-order valence-corrected chi connectivity index (χ1v) is 8.08. The highest BCUT2D eigenvalue weighted by atomic mass is 127. The van der Waals surface area contributed by atoms with Gasteiger partial charge in [0, 0.05) is 3.58 Å². The Balaban J connectivity index is 2.06. The number of hydrogen-bond acceptors (Lipinski definition) is 3. The first-order chi connectivity index (χ1) is 11.2. The minimum Gasteiger partial charge on any atom is -0.279 e. The highest BCUT2D eigenvalue weighted by Crippen LogP contribution is 2.16. The molecule has 0 atom stereocenters. The molecule has 0 bridgehead atoms. The van der Waals surface area contributed by atoms with Gasteiger partial charge in [-0.2, -0.15) is 5.26 Å². The number of allylic oxidation sites excluding steroid dienone is 1. The molecular formula is C18H12IN3O. The molecular weight excluding hydrogens is 401 g/mol. The van der Waals surface area contributed by atoms with Crippen LogP contribution in [0.1, 0.15) is 11.4 Å². The maximum atomic E-state index is 12.6. The van der Waals surface area contributed by atoms with Crippen LogP contribution >= 0.6 is 22.6 Å². The number of fused-ring (bicyclic) bond motifs is 1. The number of hydrogen-bond donors (Lipinski definition) is 0. The van der Waals surface area contributed by atoms with Crippen LogP contribution in [0.25, 0.3) is 17.0 Å². The molecule has 3 rings (SSSR count). The Hall–Kier alpha value is -2.46. The van der Waals surface area contributed by atoms with Gasteiger partial charge in [-0.15, -0.1) is 0 Å². The van der Waals surface area contributed by atoms with Crippen molar-refractivity contribution in [1.82, 2.24) is 9.55 Å². The van der Waals surface area contributed by atoms with Crippen LogP contribution in [0.5, 0.6) is 0 Å². The van der Waals surface area contributed by atoms with Crippen molar-refractivity contribution < 1.29 is 0 Å². The summed E-state index contributed by atoms with van der Waals surface area (Å²) < 4.78 is 2.37. The summed E-state index contributed by atoms with van der Waals surface area (Å²) in [5.74, 6) is 0.129. The third-order valence-corrected chi connectivity index (χ3v) is 4.05. The van der Waals surface area contributed by atoms with E-state index in [2.05, 4.69) is 27.6 Å². The van der Waals surface area contributed by atoms with Crippen LogP contribution in [0.3, 0.4) is 0 Å². The Kier molecular flexibility index (Phi) is 4.53. The van der Waals surface area contributed by atoms with Gasteiger partial charge in [0.25, 0.3) is 5.56 Å². The number of benzene rings is 2. The lowest BCUT2D eigenvalue weighted by Crippen LogP contribution is -2.24. The predicted octanol–water partition coefficient (Wildman–Crippen LogP) is 3.74. The fourth-order valence-corrected chi connectivity index (χ4v) is 3.03. The predicted molar refractivity (Wildman–Crippen MR) is 99.2 cm³/mol. The van der Waals surface area contributed by atoms with Gasteiger partial charge in [0.15, 0.2) is 0 Å². The van der Waals surface area contributed by atoms with E-state index in [9.17, 15) is 10.1 Å². The van der Waals surface area contributed by atoms with Gasteiger partial charge in [-0.3, -0.25) is 9.36 Å². The second kappa shape index (κ2) is 6.75. The standard InChI is InChI=1S/C18H12IN3O/c19-14(10-13-6-2-1-3-7-13)12-22-17(11-20)21-16-9-5-4-8-15(16)18(22)23/h1-10H,12H2/b14-10-. The molecule has 0 N–H and O–H groups in total. The first-order valence-electron chi connectivity index (χ1n) is 7.00. The zero-order valence-electron chi connectivity index (χ0n) is 12.1. The molecule has 0 aliphatic carbocycles. The van der Waals surface area contributed by atoms with Crippen molar-refractivity contribution in [2.24, 2.45) is 0 Å². The van der Waals surface area contributed by atoms with E-state index in [0.29, 0.717) is 17.4 Å². The average Bonchev–Trinajstić information content (AvgIpc) is 2.58. The molecule has 2 aromatic carbocycles. The molecule has 1 aromatic heterocycles. The molecule has 0 saturated carbocycles. The number of nitriles is 1. The minimum absolute atomic E-state index is 0.129. The van der Waals surface area contributed by atoms with Crippen molar-refractivity contribution >= 4 is 39.6 Å². The second-order valence-electron chi connectivity index (χ2n) is 4.96. The van der Waals surface area contributed by atoms with E-state index in [1.807, 2.05) is 42.5 Å². The quantitative estimate of drug-likeness (QED) is 0.615. The summed E-state index contributed by atoms with van der Waals surface area (Å²) in [5.41, 5.74) is 1.41. The third kappa shape index (κ3) is 3.32. The summed E-state index contributed by atoms with van der Waals surface area (Å²) in [6, 6.07) is 19.0. The van der Waals surface area contributed by atoms with E-state index in [4.69, 9.17) is 0 Å². The van der Waals surface area contributed by atoms with Gasteiger partial charge in [-0.25, -0.2) is 4.98 Å². The van der Waals surface area contributed by atoms with Crippen LogP contribution in [0, 0.1) is 11.3 Å². The highest BCUT2D eigenvalue weighted by molar-refractivity contribution is 14.1. The molecule has 3 aromatic rings. The van der Waals surface area contributed by atoms with Crippen LogP contribution in [-0.4, -0.2) is 9.55 Å². The molecule has 0 radical (unpaired) electrons. The molecule has 5 heteroatoms. The Morgan fingerprint density at radius 1 is 1.17 bits per heavy atom. The largest absolute Gasteiger partial charge is 0.279 e. The molecule has 0 aliphatic rings. The molecule has 0 aliphatic heterocycles. The van der Waals surface area contributed by atoms with Crippen LogP contribution in [0.4, 0.5) is 0 Å². The summed E-state index contributed by atoms with van der Waals surface area (Å²) in [6.45, 7) is 0.328. The van der Waals surface area contributed by atoms with Crippen LogP contribution in [0.2, 0.25) is 0 Å². The van der Waals surface area contributed by atoms with E-state index in [1.165, 1.54) is 4.57 Å². The van der Waals surface area contributed by atoms with Gasteiger partial charge >= 0.3 is 0 Å². The van der Waals surface area contributed by atoms with Crippen molar-refractivity contribution in [3.63, 3.8) is 0 Å². The van der Waals surface area contributed by atoms with Gasteiger partial charge in [0.05, 0.1) is 17.4 Å². The van der Waals surface area contributed by atoms with Crippen LogP contribution < -0.4 is 5.56 Å². The molecule has 23 heavy (non-hydrogen) atoms. The smallest absolute Gasteiger partial charge is 0.262 e. The maximum Gasteiger partial charge on any atom is 0.262 e. The van der Waals surface area contributed by atoms with Crippen LogP contribution in [0.15, 0.2) is 63.0 Å². The Bertz CT molecular complexity index is 985.